The van der Waals surface area contributed by atoms with Crippen LogP contribution in [0.15, 0.2) is 54.7 Å². The second-order valence-corrected chi connectivity index (χ2v) is 7.78. The largest absolute Gasteiger partial charge is 0.361 e. The number of benzene rings is 2. The van der Waals surface area contributed by atoms with Crippen LogP contribution in [0.5, 0.6) is 0 Å². The standard InChI is InChI=1S/C24H28N2O/c1-18-10-11-23-22(16-18)21(17-25-23)8-5-9-24(27)26-14-12-20(13-15-26)19-6-3-2-4-7-19/h2-4,6-7,10-11,16-17,20,25H,5,8-9,12-15H2,1H3. The Balaban J connectivity index is 1.27. The van der Waals surface area contributed by atoms with E-state index in [0.717, 1.165) is 38.8 Å². The van der Waals surface area contributed by atoms with Gasteiger partial charge >= 0.3 is 0 Å². The number of likely N-dealkylation sites (tertiary alicyclic amines) is 1. The number of nitrogens with one attached hydrogen (secondary N) is 1. The number of hydrogen-bond acceptors (Lipinski definition) is 1. The molecule has 1 fully saturated rings. The summed E-state index contributed by atoms with van der Waals surface area (Å²) in [6.07, 6.45) is 6.78. The molecule has 0 radical (unpaired) electrons. The van der Waals surface area contributed by atoms with E-state index >= 15 is 0 Å². The van der Waals surface area contributed by atoms with Crippen LogP contribution in [-0.2, 0) is 11.2 Å². The molecule has 1 N–H and O–H groups in total. The predicted octanol–water partition coefficient (Wildman–Crippen LogP) is 5.21. The van der Waals surface area contributed by atoms with Crippen LogP contribution in [0.1, 0.15) is 48.3 Å². The zero-order valence-electron chi connectivity index (χ0n) is 16.1. The molecule has 27 heavy (non-hydrogen) atoms. The van der Waals surface area contributed by atoms with Gasteiger partial charge in [-0.2, -0.15) is 0 Å². The van der Waals surface area contributed by atoms with Gasteiger partial charge in [0.25, 0.3) is 0 Å². The second kappa shape index (κ2) is 7.99. The van der Waals surface area contributed by atoms with Crippen LogP contribution in [0.4, 0.5) is 0 Å². The van der Waals surface area contributed by atoms with Gasteiger partial charge in [-0.3, -0.25) is 4.79 Å². The van der Waals surface area contributed by atoms with E-state index in [1.165, 1.54) is 27.6 Å². The van der Waals surface area contributed by atoms with E-state index < -0.39 is 0 Å². The maximum absolute atomic E-state index is 12.6. The molecular formula is C24H28N2O. The molecule has 0 atom stereocenters. The topological polar surface area (TPSA) is 36.1 Å². The molecule has 0 spiro atoms. The minimum atomic E-state index is 0.317. The van der Waals surface area contributed by atoms with Gasteiger partial charge in [-0.15, -0.1) is 0 Å². The minimum absolute atomic E-state index is 0.317. The van der Waals surface area contributed by atoms with Crippen molar-refractivity contribution in [2.45, 2.75) is 44.9 Å². The third kappa shape index (κ3) is 4.08. The average molecular weight is 361 g/mol. The van der Waals surface area contributed by atoms with Crippen LogP contribution < -0.4 is 0 Å². The van der Waals surface area contributed by atoms with Gasteiger partial charge in [0.2, 0.25) is 5.91 Å². The molecule has 1 aromatic heterocycles. The first kappa shape index (κ1) is 17.8. The molecule has 3 heteroatoms. The van der Waals surface area contributed by atoms with Crippen molar-refractivity contribution in [1.82, 2.24) is 9.88 Å². The maximum Gasteiger partial charge on any atom is 0.222 e. The highest BCUT2D eigenvalue weighted by atomic mass is 16.2. The lowest BCUT2D eigenvalue weighted by molar-refractivity contribution is -0.132. The van der Waals surface area contributed by atoms with Crippen molar-refractivity contribution in [2.24, 2.45) is 0 Å². The third-order valence-electron chi connectivity index (χ3n) is 5.88. The summed E-state index contributed by atoms with van der Waals surface area (Å²) in [4.78, 5) is 18.0. The lowest BCUT2D eigenvalue weighted by Gasteiger charge is -2.32. The molecule has 1 aliphatic heterocycles. The molecule has 1 amide bonds. The number of piperidine rings is 1. The molecule has 3 nitrogen and oxygen atoms in total. The molecule has 140 valence electrons. The third-order valence-corrected chi connectivity index (χ3v) is 5.88. The van der Waals surface area contributed by atoms with E-state index in [1.54, 1.807) is 0 Å². The van der Waals surface area contributed by atoms with Crippen molar-refractivity contribution < 1.29 is 4.79 Å². The van der Waals surface area contributed by atoms with Crippen molar-refractivity contribution in [3.05, 3.63) is 71.4 Å². The lowest BCUT2D eigenvalue weighted by atomic mass is 9.89. The highest BCUT2D eigenvalue weighted by Crippen LogP contribution is 2.28. The molecule has 0 aliphatic carbocycles. The normalized spacial score (nSPS) is 15.4. The van der Waals surface area contributed by atoms with Gasteiger partial charge < -0.3 is 9.88 Å². The van der Waals surface area contributed by atoms with Crippen LogP contribution in [0.25, 0.3) is 10.9 Å². The van der Waals surface area contributed by atoms with Crippen molar-refractivity contribution >= 4 is 16.8 Å². The molecule has 0 unspecified atom stereocenters. The van der Waals surface area contributed by atoms with Gasteiger partial charge in [0.05, 0.1) is 0 Å². The van der Waals surface area contributed by atoms with Crippen molar-refractivity contribution in [1.29, 1.82) is 0 Å². The zero-order chi connectivity index (χ0) is 18.6. The highest BCUT2D eigenvalue weighted by molar-refractivity contribution is 5.84. The Morgan fingerprint density at radius 3 is 2.67 bits per heavy atom. The second-order valence-electron chi connectivity index (χ2n) is 7.78. The smallest absolute Gasteiger partial charge is 0.222 e. The number of aryl methyl sites for hydroxylation is 2. The number of aromatic nitrogens is 1. The van der Waals surface area contributed by atoms with Gasteiger partial charge in [-0.05, 0) is 61.8 Å². The summed E-state index contributed by atoms with van der Waals surface area (Å²) in [6, 6.07) is 17.2. The number of aromatic amines is 1. The van der Waals surface area contributed by atoms with Crippen molar-refractivity contribution in [2.75, 3.05) is 13.1 Å². The van der Waals surface area contributed by atoms with Gasteiger partial charge in [0.15, 0.2) is 0 Å². The minimum Gasteiger partial charge on any atom is -0.361 e. The number of carbonyl (C=O) groups is 1. The molecular weight excluding hydrogens is 332 g/mol. The zero-order valence-corrected chi connectivity index (χ0v) is 16.1. The van der Waals surface area contributed by atoms with E-state index in [2.05, 4.69) is 71.5 Å². The fourth-order valence-corrected chi connectivity index (χ4v) is 4.27. The highest BCUT2D eigenvalue weighted by Gasteiger charge is 2.23. The first-order valence-electron chi connectivity index (χ1n) is 10.1. The Bertz CT molecular complexity index is 905. The summed E-state index contributed by atoms with van der Waals surface area (Å²) < 4.78 is 0. The number of fused-ring (bicyclic) bond motifs is 1. The van der Waals surface area contributed by atoms with Crippen molar-refractivity contribution in [3.8, 4) is 0 Å². The lowest BCUT2D eigenvalue weighted by Crippen LogP contribution is -2.37. The number of amides is 1. The Morgan fingerprint density at radius 1 is 1.11 bits per heavy atom. The van der Waals surface area contributed by atoms with E-state index in [4.69, 9.17) is 0 Å². The number of carbonyl (C=O) groups excluding carboxylic acids is 1. The maximum atomic E-state index is 12.6. The Morgan fingerprint density at radius 2 is 1.89 bits per heavy atom. The van der Waals surface area contributed by atoms with Crippen LogP contribution in [-0.4, -0.2) is 28.9 Å². The molecule has 0 saturated carbocycles. The molecule has 2 aromatic carbocycles. The van der Waals surface area contributed by atoms with Crippen LogP contribution >= 0.6 is 0 Å². The van der Waals surface area contributed by atoms with E-state index in [1.807, 2.05) is 0 Å². The van der Waals surface area contributed by atoms with Crippen molar-refractivity contribution in [3.63, 3.8) is 0 Å². The monoisotopic (exact) mass is 360 g/mol. The predicted molar refractivity (Wildman–Crippen MR) is 111 cm³/mol. The Hall–Kier alpha value is -2.55. The molecule has 0 bridgehead atoms. The summed E-state index contributed by atoms with van der Waals surface area (Å²) in [5, 5.41) is 1.30. The summed E-state index contributed by atoms with van der Waals surface area (Å²) in [5.74, 6) is 0.919. The summed E-state index contributed by atoms with van der Waals surface area (Å²) in [5.41, 5.74) is 5.20. The SMILES string of the molecule is Cc1ccc2[nH]cc(CCCC(=O)N3CCC(c4ccccc4)CC3)c2c1. The summed E-state index contributed by atoms with van der Waals surface area (Å²) in [6.45, 7) is 3.91. The number of hydrogen-bond donors (Lipinski definition) is 1. The van der Waals surface area contributed by atoms with Gasteiger partial charge in [0.1, 0.15) is 0 Å². The molecule has 2 heterocycles. The molecule has 1 aliphatic rings. The molecule has 1 saturated heterocycles. The van der Waals surface area contributed by atoms with Gasteiger partial charge in [-0.1, -0.05) is 42.0 Å². The van der Waals surface area contributed by atoms with E-state index in [-0.39, 0.29) is 0 Å². The fourth-order valence-electron chi connectivity index (χ4n) is 4.27. The quantitative estimate of drug-likeness (QED) is 0.666. The Kier molecular flexibility index (Phi) is 5.28. The van der Waals surface area contributed by atoms with E-state index in [0.29, 0.717) is 18.2 Å². The summed E-state index contributed by atoms with van der Waals surface area (Å²) >= 11 is 0. The van der Waals surface area contributed by atoms with Gasteiger partial charge in [-0.25, -0.2) is 0 Å². The van der Waals surface area contributed by atoms with Crippen LogP contribution in [0, 0.1) is 6.92 Å². The number of rotatable bonds is 5. The fraction of sp³-hybridized carbons (Fsp3) is 0.375. The first-order chi connectivity index (χ1) is 13.2. The first-order valence-corrected chi connectivity index (χ1v) is 10.1. The number of nitrogens with zero attached hydrogens (tertiary/aromatic N) is 1. The average Bonchev–Trinajstić information content (AvgIpc) is 3.11. The molecule has 4 rings (SSSR count). The number of H-pyrrole nitrogens is 1. The van der Waals surface area contributed by atoms with Gasteiger partial charge in [0, 0.05) is 36.6 Å². The Labute approximate surface area is 161 Å². The van der Waals surface area contributed by atoms with Crippen LogP contribution in [0.2, 0.25) is 0 Å². The van der Waals surface area contributed by atoms with E-state index in [9.17, 15) is 4.79 Å². The van der Waals surface area contributed by atoms with Crippen LogP contribution in [0.3, 0.4) is 0 Å². The molecule has 3 aromatic rings. The summed E-state index contributed by atoms with van der Waals surface area (Å²) in [7, 11) is 0.